The fraction of sp³-hybridized carbons (Fsp3) is 0.273. The van der Waals surface area contributed by atoms with E-state index in [1.165, 1.54) is 10.6 Å². The number of piperidine rings is 1. The van der Waals surface area contributed by atoms with Gasteiger partial charge in [0.25, 0.3) is 0 Å². The Hall–Kier alpha value is -2.02. The number of thiocarbonyl (C=S) groups is 1. The number of aromatic nitrogens is 1. The Kier molecular flexibility index (Phi) is 6.43. The van der Waals surface area contributed by atoms with Crippen LogP contribution < -0.4 is 15.5 Å². The summed E-state index contributed by atoms with van der Waals surface area (Å²) in [6.07, 6.45) is 5.99. The fourth-order valence-corrected chi connectivity index (χ4v) is 4.74. The first kappa shape index (κ1) is 20.3. The van der Waals surface area contributed by atoms with Crippen molar-refractivity contribution >= 4 is 63.0 Å². The highest BCUT2D eigenvalue weighted by atomic mass is 35.5. The molecule has 1 fully saturated rings. The number of fused-ring (bicyclic) bond motifs is 1. The van der Waals surface area contributed by atoms with Crippen molar-refractivity contribution in [1.82, 2.24) is 10.3 Å². The molecule has 0 unspecified atom stereocenters. The van der Waals surface area contributed by atoms with Gasteiger partial charge in [-0.2, -0.15) is 0 Å². The number of rotatable bonds is 4. The topological polar surface area (TPSA) is 40.2 Å². The van der Waals surface area contributed by atoms with E-state index in [-0.39, 0.29) is 0 Å². The van der Waals surface area contributed by atoms with Crippen molar-refractivity contribution in [3.63, 3.8) is 0 Å². The van der Waals surface area contributed by atoms with Gasteiger partial charge < -0.3 is 15.5 Å². The van der Waals surface area contributed by atoms with Crippen molar-refractivity contribution < 1.29 is 0 Å². The summed E-state index contributed by atoms with van der Waals surface area (Å²) in [5, 5.41) is 9.37. The molecule has 1 aliphatic rings. The molecule has 4 rings (SSSR count). The third-order valence-electron chi connectivity index (χ3n) is 5.21. The number of nitrogens with zero attached hydrogens (tertiary/aromatic N) is 2. The minimum absolute atomic E-state index is 0.365. The Labute approximate surface area is 186 Å². The second-order valence-electron chi connectivity index (χ2n) is 7.05. The van der Waals surface area contributed by atoms with E-state index >= 15 is 0 Å². The van der Waals surface area contributed by atoms with Crippen LogP contribution in [0.3, 0.4) is 0 Å². The molecular formula is C22H23ClN4S2. The quantitative estimate of drug-likeness (QED) is 0.407. The van der Waals surface area contributed by atoms with Crippen LogP contribution in [-0.4, -0.2) is 35.5 Å². The predicted molar refractivity (Wildman–Crippen MR) is 130 cm³/mol. The van der Waals surface area contributed by atoms with E-state index < -0.39 is 0 Å². The molecule has 0 saturated carbocycles. The summed E-state index contributed by atoms with van der Waals surface area (Å²) in [6.45, 7) is 1.93. The number of anilines is 2. The number of hydrogen-bond donors (Lipinski definition) is 2. The van der Waals surface area contributed by atoms with Crippen molar-refractivity contribution in [2.75, 3.05) is 29.6 Å². The molecule has 1 aromatic heterocycles. The Morgan fingerprint density at radius 1 is 1.17 bits per heavy atom. The number of benzene rings is 2. The highest BCUT2D eigenvalue weighted by Gasteiger charge is 2.21. The molecule has 0 bridgehead atoms. The van der Waals surface area contributed by atoms with E-state index in [1.54, 1.807) is 11.8 Å². The van der Waals surface area contributed by atoms with Gasteiger partial charge in [-0.05, 0) is 67.7 Å². The van der Waals surface area contributed by atoms with Gasteiger partial charge in [-0.25, -0.2) is 0 Å². The van der Waals surface area contributed by atoms with Crippen LogP contribution in [0.2, 0.25) is 5.02 Å². The minimum atomic E-state index is 0.365. The van der Waals surface area contributed by atoms with Crippen molar-refractivity contribution in [2.24, 2.45) is 0 Å². The summed E-state index contributed by atoms with van der Waals surface area (Å²) in [7, 11) is 0. The van der Waals surface area contributed by atoms with Gasteiger partial charge in [0.1, 0.15) is 0 Å². The molecule has 7 heteroatoms. The SMILES string of the molecule is CSc1ccccc1NC(=S)NC1CCN(c2ccnc3ccc(Cl)cc23)CC1. The van der Waals surface area contributed by atoms with E-state index in [2.05, 4.69) is 45.0 Å². The summed E-state index contributed by atoms with van der Waals surface area (Å²) in [4.78, 5) is 8.07. The zero-order valence-electron chi connectivity index (χ0n) is 16.2. The summed E-state index contributed by atoms with van der Waals surface area (Å²) in [5.41, 5.74) is 3.23. The highest BCUT2D eigenvalue weighted by molar-refractivity contribution is 7.98. The van der Waals surface area contributed by atoms with Crippen molar-refractivity contribution in [3.05, 3.63) is 59.8 Å². The zero-order chi connectivity index (χ0) is 20.2. The molecular weight excluding hydrogens is 420 g/mol. The van der Waals surface area contributed by atoms with Gasteiger partial charge in [0.15, 0.2) is 5.11 Å². The molecule has 2 N–H and O–H groups in total. The number of para-hydroxylation sites is 1. The molecule has 29 heavy (non-hydrogen) atoms. The molecule has 2 heterocycles. The number of hydrogen-bond acceptors (Lipinski definition) is 4. The molecule has 150 valence electrons. The molecule has 0 atom stereocenters. The Bertz CT molecular complexity index is 1020. The van der Waals surface area contributed by atoms with Crippen LogP contribution in [0.15, 0.2) is 59.6 Å². The van der Waals surface area contributed by atoms with E-state index in [9.17, 15) is 0 Å². The van der Waals surface area contributed by atoms with Gasteiger partial charge >= 0.3 is 0 Å². The number of pyridine rings is 1. The Balaban J connectivity index is 1.37. The molecule has 1 saturated heterocycles. The van der Waals surface area contributed by atoms with Crippen LogP contribution in [0, 0.1) is 0 Å². The van der Waals surface area contributed by atoms with Crippen LogP contribution >= 0.6 is 35.6 Å². The molecule has 0 radical (unpaired) electrons. The van der Waals surface area contributed by atoms with Gasteiger partial charge in [0, 0.05) is 46.3 Å². The standard InChI is InChI=1S/C22H23ClN4S2/c1-29-21-5-3-2-4-19(21)26-22(28)25-16-9-12-27(13-10-16)20-8-11-24-18-7-6-15(23)14-17(18)20/h2-8,11,14,16H,9-10,12-13H2,1H3,(H2,25,26,28). The highest BCUT2D eigenvalue weighted by Crippen LogP contribution is 2.30. The van der Waals surface area contributed by atoms with Gasteiger partial charge in [-0.15, -0.1) is 11.8 Å². The molecule has 3 aromatic rings. The van der Waals surface area contributed by atoms with Gasteiger partial charge in [-0.1, -0.05) is 23.7 Å². The van der Waals surface area contributed by atoms with Crippen molar-refractivity contribution in [1.29, 1.82) is 0 Å². The smallest absolute Gasteiger partial charge is 0.171 e. The van der Waals surface area contributed by atoms with Crippen molar-refractivity contribution in [3.8, 4) is 0 Å². The summed E-state index contributed by atoms with van der Waals surface area (Å²) in [6, 6.07) is 16.5. The lowest BCUT2D eigenvalue weighted by Gasteiger charge is -2.35. The van der Waals surface area contributed by atoms with E-state index in [0.717, 1.165) is 47.5 Å². The van der Waals surface area contributed by atoms with Gasteiger partial charge in [0.05, 0.1) is 11.2 Å². The van der Waals surface area contributed by atoms with E-state index in [4.69, 9.17) is 23.8 Å². The maximum Gasteiger partial charge on any atom is 0.171 e. The zero-order valence-corrected chi connectivity index (χ0v) is 18.6. The molecule has 4 nitrogen and oxygen atoms in total. The minimum Gasteiger partial charge on any atom is -0.371 e. The summed E-state index contributed by atoms with van der Waals surface area (Å²) < 4.78 is 0. The average Bonchev–Trinajstić information content (AvgIpc) is 2.74. The van der Waals surface area contributed by atoms with Gasteiger partial charge in [-0.3, -0.25) is 4.98 Å². The lowest BCUT2D eigenvalue weighted by molar-refractivity contribution is 0.468. The maximum absolute atomic E-state index is 6.22. The number of halogens is 1. The molecule has 0 amide bonds. The molecule has 0 aliphatic carbocycles. The molecule has 1 aliphatic heterocycles. The second-order valence-corrected chi connectivity index (χ2v) is 8.74. The Morgan fingerprint density at radius 3 is 2.76 bits per heavy atom. The van der Waals surface area contributed by atoms with Crippen LogP contribution in [0.5, 0.6) is 0 Å². The number of nitrogens with one attached hydrogen (secondary N) is 2. The second kappa shape index (κ2) is 9.20. The largest absolute Gasteiger partial charge is 0.371 e. The van der Waals surface area contributed by atoms with Gasteiger partial charge in [0.2, 0.25) is 0 Å². The third kappa shape index (κ3) is 4.77. The van der Waals surface area contributed by atoms with E-state index in [0.29, 0.717) is 11.2 Å². The third-order valence-corrected chi connectivity index (χ3v) is 6.46. The van der Waals surface area contributed by atoms with Crippen LogP contribution in [0.25, 0.3) is 10.9 Å². The lowest BCUT2D eigenvalue weighted by atomic mass is 10.0. The normalized spacial score (nSPS) is 14.8. The first-order valence-corrected chi connectivity index (χ1v) is 11.6. The first-order valence-electron chi connectivity index (χ1n) is 9.64. The average molecular weight is 443 g/mol. The monoisotopic (exact) mass is 442 g/mol. The lowest BCUT2D eigenvalue weighted by Crippen LogP contribution is -2.46. The fourth-order valence-electron chi connectivity index (χ4n) is 3.74. The first-order chi connectivity index (χ1) is 14.1. The van der Waals surface area contributed by atoms with Crippen LogP contribution in [0.4, 0.5) is 11.4 Å². The summed E-state index contributed by atoms with van der Waals surface area (Å²) >= 11 is 13.5. The summed E-state index contributed by atoms with van der Waals surface area (Å²) in [5.74, 6) is 0. The maximum atomic E-state index is 6.22. The van der Waals surface area contributed by atoms with Crippen molar-refractivity contribution in [2.45, 2.75) is 23.8 Å². The van der Waals surface area contributed by atoms with Crippen LogP contribution in [0.1, 0.15) is 12.8 Å². The Morgan fingerprint density at radius 2 is 1.97 bits per heavy atom. The number of thioether (sulfide) groups is 1. The van der Waals surface area contributed by atoms with Crippen LogP contribution in [-0.2, 0) is 0 Å². The van der Waals surface area contributed by atoms with E-state index in [1.807, 2.05) is 36.5 Å². The predicted octanol–water partition coefficient (Wildman–Crippen LogP) is 5.57. The molecule has 0 spiro atoms. The molecule has 2 aromatic carbocycles.